The van der Waals surface area contributed by atoms with E-state index in [4.69, 9.17) is 22.3 Å². The van der Waals surface area contributed by atoms with E-state index in [0.717, 1.165) is 15.9 Å². The van der Waals surface area contributed by atoms with Crippen LogP contribution >= 0.6 is 33.3 Å². The van der Waals surface area contributed by atoms with E-state index >= 15 is 0 Å². The summed E-state index contributed by atoms with van der Waals surface area (Å²) in [6.45, 7) is 4.38. The van der Waals surface area contributed by atoms with Crippen LogP contribution in [0.5, 0.6) is 0 Å². The van der Waals surface area contributed by atoms with Crippen molar-refractivity contribution in [3.05, 3.63) is 0 Å². The van der Waals surface area contributed by atoms with Crippen molar-refractivity contribution < 1.29 is 19.5 Å². The number of carboxylic acids is 1. The van der Waals surface area contributed by atoms with E-state index in [2.05, 4.69) is 5.32 Å². The molecule has 1 fully saturated rings. The van der Waals surface area contributed by atoms with Gasteiger partial charge in [-0.2, -0.15) is 0 Å². The Morgan fingerprint density at radius 1 is 1.53 bits per heavy atom. The van der Waals surface area contributed by atoms with Gasteiger partial charge in [-0.05, 0) is 35.5 Å². The minimum Gasteiger partial charge on any atom is -0.479 e. The molecule has 1 saturated heterocycles. The topological polar surface area (TPSA) is 86.7 Å². The number of carboxylic acid groups (broad SMARTS) is 1. The second kappa shape index (κ2) is 5.38. The average Bonchev–Trinajstić information content (AvgIpc) is 2.31. The van der Waals surface area contributed by atoms with Crippen molar-refractivity contribution in [1.29, 1.82) is 0 Å². The third kappa shape index (κ3) is 2.64. The largest absolute Gasteiger partial charge is 0.479 e. The van der Waals surface area contributed by atoms with E-state index in [9.17, 15) is 19.5 Å². The number of amides is 2. The Bertz CT molecular complexity index is 432. The van der Waals surface area contributed by atoms with E-state index in [1.54, 1.807) is 0 Å². The number of β-lactam (4-membered cyclic amide) rings is 1. The molecule has 9 heteroatoms. The van der Waals surface area contributed by atoms with Gasteiger partial charge in [0, 0.05) is 6.92 Å². The highest BCUT2D eigenvalue weighted by Crippen LogP contribution is 2.46. The van der Waals surface area contributed by atoms with Crippen molar-refractivity contribution in [3.8, 4) is 0 Å². The van der Waals surface area contributed by atoms with Crippen molar-refractivity contribution in [2.75, 3.05) is 6.54 Å². The second-order valence-corrected chi connectivity index (χ2v) is 6.90. The molecular formula is C10H14Cl2N2O4S. The molecule has 0 bridgehead atoms. The molecule has 2 atom stereocenters. The summed E-state index contributed by atoms with van der Waals surface area (Å²) in [5.41, 5.74) is 0. The van der Waals surface area contributed by atoms with Crippen molar-refractivity contribution >= 4 is 51.0 Å². The predicted octanol–water partition coefficient (Wildman–Crippen LogP) is 1.02. The van der Waals surface area contributed by atoms with Crippen LogP contribution in [-0.2, 0) is 14.4 Å². The first-order valence-electron chi connectivity index (χ1n) is 5.38. The first kappa shape index (κ1) is 16.4. The number of carbonyl (C=O) groups excluding carboxylic acids is 2. The molecule has 2 amide bonds. The Morgan fingerprint density at radius 3 is 2.37 bits per heavy atom. The number of aliphatic carboxylic acids is 1. The van der Waals surface area contributed by atoms with Gasteiger partial charge >= 0.3 is 5.97 Å². The van der Waals surface area contributed by atoms with Crippen LogP contribution in [0.4, 0.5) is 0 Å². The molecular weight excluding hydrogens is 315 g/mol. The summed E-state index contributed by atoms with van der Waals surface area (Å²) in [6.07, 6.45) is 0. The number of rotatable bonds is 5. The number of hydrogen-bond donors (Lipinski definition) is 2. The van der Waals surface area contributed by atoms with Gasteiger partial charge < -0.3 is 15.3 Å². The number of hydrogen-bond acceptors (Lipinski definition) is 4. The Balaban J connectivity index is 2.97. The van der Waals surface area contributed by atoms with Crippen LogP contribution in [0.15, 0.2) is 0 Å². The summed E-state index contributed by atoms with van der Waals surface area (Å²) in [5, 5.41) is 11.8. The Hall–Kier alpha value is -0.660. The normalized spacial score (nSPS) is 22.5. The second-order valence-electron chi connectivity index (χ2n) is 4.72. The van der Waals surface area contributed by atoms with Crippen molar-refractivity contribution in [1.82, 2.24) is 10.2 Å². The lowest BCUT2D eigenvalue weighted by atomic mass is 9.94. The van der Waals surface area contributed by atoms with Crippen LogP contribution in [0.3, 0.4) is 0 Å². The van der Waals surface area contributed by atoms with E-state index in [1.165, 1.54) is 20.8 Å². The Morgan fingerprint density at radius 2 is 2.05 bits per heavy atom. The third-order valence-corrected chi connectivity index (χ3v) is 5.74. The van der Waals surface area contributed by atoms with E-state index in [-0.39, 0.29) is 12.5 Å². The molecule has 19 heavy (non-hydrogen) atoms. The molecule has 1 rings (SSSR count). The molecule has 6 nitrogen and oxygen atoms in total. The molecule has 0 aliphatic carbocycles. The number of carbonyl (C=O) groups is 3. The van der Waals surface area contributed by atoms with E-state index < -0.39 is 27.7 Å². The standard InChI is InChI=1S/C10H14Cl2N2O4S/c1-5(15)13-6-4-14(7(6)16)10(11,8(17)18)9(2,3)19-12/h6H,4H2,1-3H3,(H,13,15)(H,17,18). The van der Waals surface area contributed by atoms with Crippen molar-refractivity contribution in [2.45, 2.75) is 36.6 Å². The maximum Gasteiger partial charge on any atom is 0.346 e. The van der Waals surface area contributed by atoms with Gasteiger partial charge in [0.1, 0.15) is 6.04 Å². The minimum atomic E-state index is -1.97. The summed E-state index contributed by atoms with van der Waals surface area (Å²) >= 11 is 6.15. The predicted molar refractivity (Wildman–Crippen MR) is 73.1 cm³/mol. The van der Waals surface area contributed by atoms with Gasteiger partial charge in [-0.15, -0.1) is 0 Å². The quantitative estimate of drug-likeness (QED) is 0.447. The smallest absolute Gasteiger partial charge is 0.346 e. The molecule has 0 spiro atoms. The lowest BCUT2D eigenvalue weighted by molar-refractivity contribution is -0.164. The number of alkyl halides is 1. The summed E-state index contributed by atoms with van der Waals surface area (Å²) < 4.78 is -1.11. The maximum absolute atomic E-state index is 11.9. The van der Waals surface area contributed by atoms with Crippen LogP contribution in [0.25, 0.3) is 0 Å². The summed E-state index contributed by atoms with van der Waals surface area (Å²) in [7, 11) is 6.41. The highest BCUT2D eigenvalue weighted by molar-refractivity contribution is 8.22. The van der Waals surface area contributed by atoms with E-state index in [1.807, 2.05) is 0 Å². The summed E-state index contributed by atoms with van der Waals surface area (Å²) in [6, 6.07) is -0.730. The first-order valence-corrected chi connectivity index (χ1v) is 7.40. The fraction of sp³-hybridized carbons (Fsp3) is 0.700. The monoisotopic (exact) mass is 328 g/mol. The maximum atomic E-state index is 11.9. The number of nitrogens with one attached hydrogen (secondary N) is 1. The molecule has 0 aromatic heterocycles. The minimum absolute atomic E-state index is 0.0368. The SMILES string of the molecule is CC(=O)NC1CN(C(Cl)(C(=O)O)C(C)(C)SCl)C1=O. The number of nitrogens with zero attached hydrogens (tertiary/aromatic N) is 1. The molecule has 0 aromatic carbocycles. The number of halogens is 2. The van der Waals surface area contributed by atoms with E-state index in [0.29, 0.717) is 0 Å². The van der Waals surface area contributed by atoms with Crippen LogP contribution in [0, 0.1) is 0 Å². The van der Waals surface area contributed by atoms with Gasteiger partial charge in [-0.3, -0.25) is 9.59 Å². The van der Waals surface area contributed by atoms with Crippen molar-refractivity contribution in [2.24, 2.45) is 0 Å². The van der Waals surface area contributed by atoms with Crippen LogP contribution in [-0.4, -0.2) is 50.1 Å². The molecule has 0 saturated carbocycles. The fourth-order valence-electron chi connectivity index (χ4n) is 1.81. The van der Waals surface area contributed by atoms with Gasteiger partial charge in [0.05, 0.1) is 11.3 Å². The van der Waals surface area contributed by atoms with Crippen LogP contribution < -0.4 is 5.32 Å². The van der Waals surface area contributed by atoms with Crippen molar-refractivity contribution in [3.63, 3.8) is 0 Å². The van der Waals surface area contributed by atoms with Gasteiger partial charge in [0.2, 0.25) is 16.8 Å². The van der Waals surface area contributed by atoms with Gasteiger partial charge in [0.25, 0.3) is 0 Å². The molecule has 0 aromatic rings. The Kier molecular flexibility index (Phi) is 4.64. The van der Waals surface area contributed by atoms with Gasteiger partial charge in [-0.1, -0.05) is 11.6 Å². The molecule has 1 heterocycles. The zero-order valence-corrected chi connectivity index (χ0v) is 12.9. The molecule has 1 aliphatic heterocycles. The highest BCUT2D eigenvalue weighted by Gasteiger charge is 2.61. The fourth-order valence-corrected chi connectivity index (χ4v) is 2.83. The average molecular weight is 329 g/mol. The molecule has 1 aliphatic rings. The lowest BCUT2D eigenvalue weighted by Crippen LogP contribution is -2.75. The zero-order valence-electron chi connectivity index (χ0n) is 10.6. The molecule has 0 radical (unpaired) electrons. The highest BCUT2D eigenvalue weighted by atomic mass is 35.7. The summed E-state index contributed by atoms with van der Waals surface area (Å²) in [5.74, 6) is -2.26. The lowest BCUT2D eigenvalue weighted by Gasteiger charge is -2.51. The summed E-state index contributed by atoms with van der Waals surface area (Å²) in [4.78, 5) is 33.3. The Labute approximate surface area is 124 Å². The molecule has 108 valence electrons. The molecule has 2 unspecified atom stereocenters. The van der Waals surface area contributed by atoms with Gasteiger partial charge in [-0.25, -0.2) is 4.79 Å². The van der Waals surface area contributed by atoms with Crippen LogP contribution in [0.1, 0.15) is 20.8 Å². The third-order valence-electron chi connectivity index (χ3n) is 2.95. The zero-order chi connectivity index (χ0) is 15.0. The first-order chi connectivity index (χ1) is 8.57. The van der Waals surface area contributed by atoms with Crippen LogP contribution in [0.2, 0.25) is 0 Å². The molecule has 2 N–H and O–H groups in total. The number of likely N-dealkylation sites (tertiary alicyclic amines) is 1. The van der Waals surface area contributed by atoms with Gasteiger partial charge in [0.15, 0.2) is 0 Å².